The molecule has 1 amide bonds. The van der Waals surface area contributed by atoms with E-state index in [1.807, 2.05) is 62.4 Å². The Kier molecular flexibility index (Phi) is 5.16. The van der Waals surface area contributed by atoms with Crippen molar-refractivity contribution in [2.75, 3.05) is 20.3 Å². The molecule has 6 nitrogen and oxygen atoms in total. The molecule has 0 bridgehead atoms. The van der Waals surface area contributed by atoms with Gasteiger partial charge in [-0.05, 0) is 61.9 Å². The maximum atomic E-state index is 12.8. The number of carbonyl (C=O) groups excluding carboxylic acids is 1. The molecule has 4 rings (SSSR count). The molecule has 0 unspecified atom stereocenters. The first-order valence-electron chi connectivity index (χ1n) is 9.57. The van der Waals surface area contributed by atoms with Gasteiger partial charge in [0.1, 0.15) is 19.0 Å². The first kappa shape index (κ1) is 18.9. The molecule has 0 radical (unpaired) electrons. The highest BCUT2D eigenvalue weighted by atomic mass is 16.6. The lowest BCUT2D eigenvalue weighted by molar-refractivity contribution is 0.0950. The van der Waals surface area contributed by atoms with Crippen LogP contribution < -0.4 is 19.5 Å². The number of nitrogens with zero attached hydrogens (tertiary/aromatic N) is 1. The van der Waals surface area contributed by atoms with Gasteiger partial charge in [-0.2, -0.15) is 0 Å². The fourth-order valence-electron chi connectivity index (χ4n) is 3.60. The number of methoxy groups -OCH3 is 1. The SMILES string of the molecule is COc1ccc(-n2c(C)cc(C(=O)NCc3ccc4c(c3)OCCO4)c2C)cc1. The summed E-state index contributed by atoms with van der Waals surface area (Å²) in [6, 6.07) is 15.4. The van der Waals surface area contributed by atoms with Crippen molar-refractivity contribution < 1.29 is 19.0 Å². The number of nitrogens with one attached hydrogen (secondary N) is 1. The summed E-state index contributed by atoms with van der Waals surface area (Å²) in [6.07, 6.45) is 0. The van der Waals surface area contributed by atoms with E-state index < -0.39 is 0 Å². The highest BCUT2D eigenvalue weighted by Gasteiger charge is 2.17. The van der Waals surface area contributed by atoms with Crippen molar-refractivity contribution in [2.45, 2.75) is 20.4 Å². The lowest BCUT2D eigenvalue weighted by atomic mass is 10.1. The van der Waals surface area contributed by atoms with E-state index >= 15 is 0 Å². The van der Waals surface area contributed by atoms with Crippen LogP contribution in [0.5, 0.6) is 17.2 Å². The molecule has 3 aromatic rings. The third-order valence-corrected chi connectivity index (χ3v) is 5.07. The Labute approximate surface area is 170 Å². The lowest BCUT2D eigenvalue weighted by Crippen LogP contribution is -2.23. The van der Waals surface area contributed by atoms with Crippen molar-refractivity contribution in [1.29, 1.82) is 0 Å². The minimum absolute atomic E-state index is 0.104. The highest BCUT2D eigenvalue weighted by Crippen LogP contribution is 2.30. The smallest absolute Gasteiger partial charge is 0.253 e. The summed E-state index contributed by atoms with van der Waals surface area (Å²) in [7, 11) is 1.64. The van der Waals surface area contributed by atoms with Gasteiger partial charge in [-0.25, -0.2) is 0 Å². The van der Waals surface area contributed by atoms with E-state index in [4.69, 9.17) is 14.2 Å². The number of aryl methyl sites for hydroxylation is 1. The van der Waals surface area contributed by atoms with Crippen LogP contribution in [0, 0.1) is 13.8 Å². The highest BCUT2D eigenvalue weighted by molar-refractivity contribution is 5.95. The second kappa shape index (κ2) is 7.91. The molecule has 1 N–H and O–H groups in total. The molecule has 1 aromatic heterocycles. The van der Waals surface area contributed by atoms with E-state index in [1.54, 1.807) is 7.11 Å². The standard InChI is InChI=1S/C23H24N2O4/c1-15-12-20(16(2)25(15)18-5-7-19(27-3)8-6-18)23(26)24-14-17-4-9-21-22(13-17)29-11-10-28-21/h4-9,12-13H,10-11,14H2,1-3H3,(H,24,26). The van der Waals surface area contributed by atoms with Gasteiger partial charge in [0, 0.05) is 23.6 Å². The predicted octanol–water partition coefficient (Wildman–Crippen LogP) is 3.80. The van der Waals surface area contributed by atoms with E-state index in [-0.39, 0.29) is 5.91 Å². The lowest BCUT2D eigenvalue weighted by Gasteiger charge is -2.19. The number of hydrogen-bond acceptors (Lipinski definition) is 4. The van der Waals surface area contributed by atoms with Crippen molar-refractivity contribution in [3.05, 3.63) is 71.0 Å². The topological polar surface area (TPSA) is 61.7 Å². The summed E-state index contributed by atoms with van der Waals surface area (Å²) in [5, 5.41) is 3.00. The number of fused-ring (bicyclic) bond motifs is 1. The van der Waals surface area contributed by atoms with Crippen molar-refractivity contribution in [2.24, 2.45) is 0 Å². The summed E-state index contributed by atoms with van der Waals surface area (Å²) in [6.45, 7) is 5.47. The average Bonchev–Trinajstić information content (AvgIpc) is 3.06. The van der Waals surface area contributed by atoms with Gasteiger partial charge >= 0.3 is 0 Å². The Morgan fingerprint density at radius 2 is 1.76 bits per heavy atom. The van der Waals surface area contributed by atoms with Crippen molar-refractivity contribution in [3.63, 3.8) is 0 Å². The van der Waals surface area contributed by atoms with Crippen LogP contribution in [0.2, 0.25) is 0 Å². The Bertz CT molecular complexity index is 1040. The van der Waals surface area contributed by atoms with Crippen LogP contribution in [0.1, 0.15) is 27.3 Å². The van der Waals surface area contributed by atoms with E-state index in [0.717, 1.165) is 39.9 Å². The summed E-state index contributed by atoms with van der Waals surface area (Å²) in [5.74, 6) is 2.16. The summed E-state index contributed by atoms with van der Waals surface area (Å²) < 4.78 is 18.4. The first-order chi connectivity index (χ1) is 14.1. The Morgan fingerprint density at radius 1 is 1.03 bits per heavy atom. The molecule has 0 aliphatic carbocycles. The molecule has 1 aliphatic heterocycles. The first-order valence-corrected chi connectivity index (χ1v) is 9.57. The van der Waals surface area contributed by atoms with Gasteiger partial charge in [-0.3, -0.25) is 4.79 Å². The minimum atomic E-state index is -0.104. The Morgan fingerprint density at radius 3 is 2.48 bits per heavy atom. The van der Waals surface area contributed by atoms with Gasteiger partial charge in [0.2, 0.25) is 0 Å². The number of hydrogen-bond donors (Lipinski definition) is 1. The molecule has 0 fully saturated rings. The molecular weight excluding hydrogens is 368 g/mol. The summed E-state index contributed by atoms with van der Waals surface area (Å²) >= 11 is 0. The van der Waals surface area contributed by atoms with Crippen molar-refractivity contribution >= 4 is 5.91 Å². The minimum Gasteiger partial charge on any atom is -0.497 e. The fourth-order valence-corrected chi connectivity index (χ4v) is 3.60. The summed E-state index contributed by atoms with van der Waals surface area (Å²) in [5.41, 5.74) is 4.51. The van der Waals surface area contributed by atoms with Crippen LogP contribution in [0.4, 0.5) is 0 Å². The number of aromatic nitrogens is 1. The molecule has 0 saturated carbocycles. The molecule has 1 aliphatic rings. The van der Waals surface area contributed by atoms with Crippen LogP contribution in [0.25, 0.3) is 5.69 Å². The van der Waals surface area contributed by atoms with Gasteiger partial charge in [0.25, 0.3) is 5.91 Å². The molecule has 0 spiro atoms. The molecule has 150 valence electrons. The second-order valence-electron chi connectivity index (χ2n) is 6.98. The molecule has 2 heterocycles. The number of benzene rings is 2. The Hall–Kier alpha value is -3.41. The van der Waals surface area contributed by atoms with E-state index in [2.05, 4.69) is 9.88 Å². The largest absolute Gasteiger partial charge is 0.497 e. The maximum Gasteiger partial charge on any atom is 0.253 e. The molecular formula is C23H24N2O4. The van der Waals surface area contributed by atoms with E-state index in [1.165, 1.54) is 0 Å². The number of amides is 1. The van der Waals surface area contributed by atoms with E-state index in [0.29, 0.717) is 25.3 Å². The monoisotopic (exact) mass is 392 g/mol. The normalized spacial score (nSPS) is 12.5. The van der Waals surface area contributed by atoms with Crippen LogP contribution in [-0.2, 0) is 6.54 Å². The number of rotatable bonds is 5. The molecule has 2 aromatic carbocycles. The number of carbonyl (C=O) groups is 1. The van der Waals surface area contributed by atoms with Gasteiger partial charge in [0.05, 0.1) is 12.7 Å². The van der Waals surface area contributed by atoms with Crippen LogP contribution >= 0.6 is 0 Å². The van der Waals surface area contributed by atoms with Crippen molar-refractivity contribution in [3.8, 4) is 22.9 Å². The third-order valence-electron chi connectivity index (χ3n) is 5.07. The van der Waals surface area contributed by atoms with Gasteiger partial charge in [0.15, 0.2) is 11.5 Å². The van der Waals surface area contributed by atoms with Crippen LogP contribution in [-0.4, -0.2) is 30.8 Å². The second-order valence-corrected chi connectivity index (χ2v) is 6.98. The Balaban J connectivity index is 1.50. The fraction of sp³-hybridized carbons (Fsp3) is 0.261. The quantitative estimate of drug-likeness (QED) is 0.717. The van der Waals surface area contributed by atoms with Crippen LogP contribution in [0.3, 0.4) is 0 Å². The zero-order chi connectivity index (χ0) is 20.4. The van der Waals surface area contributed by atoms with Crippen molar-refractivity contribution in [1.82, 2.24) is 9.88 Å². The zero-order valence-electron chi connectivity index (χ0n) is 16.8. The third kappa shape index (κ3) is 3.78. The zero-order valence-corrected chi connectivity index (χ0v) is 16.8. The van der Waals surface area contributed by atoms with E-state index in [9.17, 15) is 4.79 Å². The van der Waals surface area contributed by atoms with Crippen LogP contribution in [0.15, 0.2) is 48.5 Å². The molecule has 6 heteroatoms. The summed E-state index contributed by atoms with van der Waals surface area (Å²) in [4.78, 5) is 12.8. The van der Waals surface area contributed by atoms with Gasteiger partial charge in [-0.15, -0.1) is 0 Å². The molecule has 0 atom stereocenters. The predicted molar refractivity (Wildman–Crippen MR) is 110 cm³/mol. The van der Waals surface area contributed by atoms with Gasteiger partial charge in [-0.1, -0.05) is 6.07 Å². The maximum absolute atomic E-state index is 12.8. The molecule has 0 saturated heterocycles. The van der Waals surface area contributed by atoms with Gasteiger partial charge < -0.3 is 24.1 Å². The number of ether oxygens (including phenoxy) is 3. The average molecular weight is 392 g/mol. The molecule has 29 heavy (non-hydrogen) atoms.